The van der Waals surface area contributed by atoms with E-state index in [2.05, 4.69) is 15.4 Å². The van der Waals surface area contributed by atoms with E-state index in [4.69, 9.17) is 10.9 Å². The molecule has 0 radical (unpaired) electrons. The minimum absolute atomic E-state index is 0.392. The summed E-state index contributed by atoms with van der Waals surface area (Å²) in [5.41, 5.74) is 5.05. The summed E-state index contributed by atoms with van der Waals surface area (Å²) in [7, 11) is 3.51. The number of nitrogens with zero attached hydrogens (tertiary/aromatic N) is 4. The first-order chi connectivity index (χ1) is 8.75. The molecule has 11 heteroatoms. The van der Waals surface area contributed by atoms with Crippen LogP contribution in [0, 0.1) is 5.92 Å². The van der Waals surface area contributed by atoms with Crippen LogP contribution < -0.4 is 10.6 Å². The van der Waals surface area contributed by atoms with Crippen molar-refractivity contribution in [2.75, 3.05) is 24.7 Å². The van der Waals surface area contributed by atoms with Crippen LogP contribution in [0.3, 0.4) is 0 Å². The fourth-order valence-electron chi connectivity index (χ4n) is 1.01. The van der Waals surface area contributed by atoms with Gasteiger partial charge >= 0.3 is 6.18 Å². The molecule has 3 N–H and O–H groups in total. The standard InChI is InChI=1S/C8H12F3N5OS2/c1-16(2)6-13-14-7(19-6)18-3-4(5(12)15-17)8(9,10)11/h4,17H,3H2,1-2H3,(H2,12,15). The first-order valence-corrected chi connectivity index (χ1v) is 6.73. The van der Waals surface area contributed by atoms with Crippen molar-refractivity contribution in [3.05, 3.63) is 0 Å². The van der Waals surface area contributed by atoms with Gasteiger partial charge in [0.15, 0.2) is 10.2 Å². The molecule has 1 heterocycles. The van der Waals surface area contributed by atoms with Crippen LogP contribution in [0.4, 0.5) is 18.3 Å². The first-order valence-electron chi connectivity index (χ1n) is 4.93. The Hall–Kier alpha value is -1.23. The Labute approximate surface area is 115 Å². The van der Waals surface area contributed by atoms with Gasteiger partial charge < -0.3 is 15.8 Å². The number of hydrogen-bond donors (Lipinski definition) is 2. The lowest BCUT2D eigenvalue weighted by Gasteiger charge is -2.17. The van der Waals surface area contributed by atoms with E-state index < -0.39 is 23.7 Å². The van der Waals surface area contributed by atoms with E-state index in [0.717, 1.165) is 11.8 Å². The number of aromatic nitrogens is 2. The van der Waals surface area contributed by atoms with E-state index in [-0.39, 0.29) is 0 Å². The van der Waals surface area contributed by atoms with E-state index in [9.17, 15) is 13.2 Å². The van der Waals surface area contributed by atoms with Gasteiger partial charge in [0.25, 0.3) is 0 Å². The Balaban J connectivity index is 2.71. The largest absolute Gasteiger partial charge is 0.409 e. The van der Waals surface area contributed by atoms with Gasteiger partial charge in [-0.2, -0.15) is 13.2 Å². The number of amidine groups is 1. The molecule has 0 aromatic carbocycles. The lowest BCUT2D eigenvalue weighted by atomic mass is 10.1. The van der Waals surface area contributed by atoms with Gasteiger partial charge in [-0.25, -0.2) is 0 Å². The molecule has 0 bridgehead atoms. The zero-order valence-electron chi connectivity index (χ0n) is 10.0. The number of alkyl halides is 3. The predicted molar refractivity (Wildman–Crippen MR) is 67.9 cm³/mol. The highest BCUT2D eigenvalue weighted by Gasteiger charge is 2.42. The van der Waals surface area contributed by atoms with Gasteiger partial charge in [-0.05, 0) is 0 Å². The third kappa shape index (κ3) is 4.42. The molecule has 108 valence electrons. The maximum Gasteiger partial charge on any atom is 0.399 e. The van der Waals surface area contributed by atoms with Crippen molar-refractivity contribution in [3.8, 4) is 0 Å². The second-order valence-corrected chi connectivity index (χ2v) is 5.90. The molecule has 0 aliphatic heterocycles. The number of thioether (sulfide) groups is 1. The maximum atomic E-state index is 12.7. The summed E-state index contributed by atoms with van der Waals surface area (Å²) in [4.78, 5) is 1.70. The molecular weight excluding hydrogens is 303 g/mol. The summed E-state index contributed by atoms with van der Waals surface area (Å²) in [5.74, 6) is -3.30. The van der Waals surface area contributed by atoms with E-state index >= 15 is 0 Å². The van der Waals surface area contributed by atoms with E-state index in [1.807, 2.05) is 0 Å². The van der Waals surface area contributed by atoms with Gasteiger partial charge in [0.1, 0.15) is 5.92 Å². The summed E-state index contributed by atoms with van der Waals surface area (Å²) in [6.45, 7) is 0. The number of nitrogens with two attached hydrogens (primary N) is 1. The number of rotatable bonds is 5. The zero-order valence-corrected chi connectivity index (χ0v) is 11.7. The van der Waals surface area contributed by atoms with Crippen LogP contribution in [0.2, 0.25) is 0 Å². The summed E-state index contributed by atoms with van der Waals surface area (Å²) in [6, 6.07) is 0. The number of hydrogen-bond acceptors (Lipinski definition) is 7. The third-order valence-corrected chi connectivity index (χ3v) is 4.34. The summed E-state index contributed by atoms with van der Waals surface area (Å²) < 4.78 is 38.4. The molecule has 0 aliphatic carbocycles. The Kier molecular flexibility index (Phi) is 5.23. The molecule has 1 unspecified atom stereocenters. The van der Waals surface area contributed by atoms with Crippen LogP contribution in [0.5, 0.6) is 0 Å². The minimum Gasteiger partial charge on any atom is -0.409 e. The molecule has 0 amide bonds. The Morgan fingerprint density at radius 3 is 2.58 bits per heavy atom. The van der Waals surface area contributed by atoms with Crippen LogP contribution in [-0.4, -0.2) is 47.3 Å². The highest BCUT2D eigenvalue weighted by molar-refractivity contribution is 8.01. The van der Waals surface area contributed by atoms with E-state index in [1.54, 1.807) is 19.0 Å². The van der Waals surface area contributed by atoms with Crippen LogP contribution in [0.25, 0.3) is 0 Å². The fraction of sp³-hybridized carbons (Fsp3) is 0.625. The minimum atomic E-state index is -4.57. The number of halogens is 3. The van der Waals surface area contributed by atoms with Crippen molar-refractivity contribution in [2.24, 2.45) is 16.8 Å². The molecule has 0 aliphatic rings. The second kappa shape index (κ2) is 6.28. The van der Waals surface area contributed by atoms with Crippen LogP contribution in [-0.2, 0) is 0 Å². The van der Waals surface area contributed by atoms with Crippen LogP contribution in [0.1, 0.15) is 0 Å². The monoisotopic (exact) mass is 315 g/mol. The smallest absolute Gasteiger partial charge is 0.399 e. The van der Waals surface area contributed by atoms with Gasteiger partial charge in [0, 0.05) is 19.8 Å². The highest BCUT2D eigenvalue weighted by Crippen LogP contribution is 2.34. The fourth-order valence-corrected chi connectivity index (χ4v) is 2.95. The Morgan fingerprint density at radius 1 is 1.53 bits per heavy atom. The van der Waals surface area contributed by atoms with Crippen LogP contribution in [0.15, 0.2) is 9.50 Å². The number of anilines is 1. The summed E-state index contributed by atoms with van der Waals surface area (Å²) in [5, 5.41) is 18.9. The molecule has 19 heavy (non-hydrogen) atoms. The summed E-state index contributed by atoms with van der Waals surface area (Å²) >= 11 is 2.03. The number of oxime groups is 1. The SMILES string of the molecule is CN(C)c1nnc(SCC(C(N)=NO)C(F)(F)F)s1. The normalized spacial score (nSPS) is 14.5. The van der Waals surface area contributed by atoms with Crippen molar-refractivity contribution >= 4 is 34.1 Å². The van der Waals surface area contributed by atoms with Gasteiger partial charge in [0.2, 0.25) is 5.13 Å². The molecule has 1 aromatic heterocycles. The van der Waals surface area contributed by atoms with Gasteiger partial charge in [-0.15, -0.1) is 10.2 Å². The Bertz CT molecular complexity index is 448. The van der Waals surface area contributed by atoms with Crippen LogP contribution >= 0.6 is 23.1 Å². The predicted octanol–water partition coefficient (Wildman–Crippen LogP) is 1.62. The molecule has 1 aromatic rings. The van der Waals surface area contributed by atoms with E-state index in [1.165, 1.54) is 11.3 Å². The molecule has 0 fully saturated rings. The molecule has 0 saturated carbocycles. The van der Waals surface area contributed by atoms with Crippen molar-refractivity contribution in [2.45, 2.75) is 10.5 Å². The average molecular weight is 315 g/mol. The lowest BCUT2D eigenvalue weighted by Crippen LogP contribution is -2.37. The Morgan fingerprint density at radius 2 is 2.16 bits per heavy atom. The van der Waals surface area contributed by atoms with Gasteiger partial charge in [-0.3, -0.25) is 0 Å². The first kappa shape index (κ1) is 15.8. The van der Waals surface area contributed by atoms with Crippen molar-refractivity contribution in [3.63, 3.8) is 0 Å². The van der Waals surface area contributed by atoms with Gasteiger partial charge in [0.05, 0.1) is 0 Å². The molecule has 1 rings (SSSR count). The highest BCUT2D eigenvalue weighted by atomic mass is 32.2. The molecule has 6 nitrogen and oxygen atoms in total. The molecule has 1 atom stereocenters. The lowest BCUT2D eigenvalue weighted by molar-refractivity contribution is -0.150. The van der Waals surface area contributed by atoms with Crippen molar-refractivity contribution < 1.29 is 18.4 Å². The second-order valence-electron chi connectivity index (χ2n) is 3.68. The summed E-state index contributed by atoms with van der Waals surface area (Å²) in [6.07, 6.45) is -4.57. The molecule has 0 saturated heterocycles. The third-order valence-electron chi connectivity index (χ3n) is 2.02. The molecular formula is C8H12F3N5OS2. The quantitative estimate of drug-likeness (QED) is 0.282. The zero-order chi connectivity index (χ0) is 14.6. The van der Waals surface area contributed by atoms with Crippen molar-refractivity contribution in [1.82, 2.24) is 10.2 Å². The van der Waals surface area contributed by atoms with Gasteiger partial charge in [-0.1, -0.05) is 28.3 Å². The van der Waals surface area contributed by atoms with Crippen molar-refractivity contribution in [1.29, 1.82) is 0 Å². The molecule has 0 spiro atoms. The topological polar surface area (TPSA) is 87.6 Å². The maximum absolute atomic E-state index is 12.7. The average Bonchev–Trinajstić information content (AvgIpc) is 2.76. The van der Waals surface area contributed by atoms with E-state index in [0.29, 0.717) is 9.47 Å².